The molecule has 21 heavy (non-hydrogen) atoms. The molecule has 4 rings (SSSR count). The molecule has 2 heterocycles. The van der Waals surface area contributed by atoms with E-state index in [9.17, 15) is 9.90 Å². The highest BCUT2D eigenvalue weighted by atomic mass is 16.3. The minimum Gasteiger partial charge on any atom is -0.369 e. The number of carbonyl (C=O) groups excluding carboxylic acids is 1. The van der Waals surface area contributed by atoms with Crippen molar-refractivity contribution in [2.75, 3.05) is 4.90 Å². The highest BCUT2D eigenvalue weighted by molar-refractivity contribution is 6.10. The number of aliphatic hydroxyl groups excluding tert-OH is 1. The predicted molar refractivity (Wildman–Crippen MR) is 77.7 cm³/mol. The lowest BCUT2D eigenvalue weighted by Gasteiger charge is -2.19. The number of anilines is 1. The van der Waals surface area contributed by atoms with Gasteiger partial charge in [0.15, 0.2) is 12.0 Å². The van der Waals surface area contributed by atoms with Gasteiger partial charge in [0.1, 0.15) is 0 Å². The molecule has 5 nitrogen and oxygen atoms in total. The molecule has 0 saturated heterocycles. The van der Waals surface area contributed by atoms with E-state index in [1.54, 1.807) is 24.3 Å². The van der Waals surface area contributed by atoms with Crippen LogP contribution in [0, 0.1) is 0 Å². The monoisotopic (exact) mass is 277 g/mol. The van der Waals surface area contributed by atoms with Gasteiger partial charge < -0.3 is 5.11 Å². The molecule has 0 saturated carbocycles. The van der Waals surface area contributed by atoms with Gasteiger partial charge in [-0.05, 0) is 18.2 Å². The predicted octanol–water partition coefficient (Wildman–Crippen LogP) is 2.28. The van der Waals surface area contributed by atoms with E-state index < -0.39 is 6.23 Å². The molecule has 0 radical (unpaired) electrons. The number of aliphatic hydroxyl groups is 1. The van der Waals surface area contributed by atoms with E-state index in [0.717, 1.165) is 5.52 Å². The Bertz CT molecular complexity index is 863. The quantitative estimate of drug-likeness (QED) is 0.741. The third-order valence-electron chi connectivity index (χ3n) is 3.62. The molecule has 1 atom stereocenters. The fourth-order valence-electron chi connectivity index (χ4n) is 2.59. The molecule has 1 N–H and O–H groups in total. The molecule has 1 amide bonds. The molecule has 102 valence electrons. The largest absolute Gasteiger partial charge is 0.369 e. The Morgan fingerprint density at radius 2 is 1.71 bits per heavy atom. The minimum absolute atomic E-state index is 0.261. The molecule has 1 unspecified atom stereocenters. The third-order valence-corrected chi connectivity index (χ3v) is 3.62. The van der Waals surface area contributed by atoms with Crippen LogP contribution in [0.3, 0.4) is 0 Å². The summed E-state index contributed by atoms with van der Waals surface area (Å²) in [4.78, 5) is 22.4. The maximum Gasteiger partial charge on any atom is 0.262 e. The Kier molecular flexibility index (Phi) is 2.49. The lowest BCUT2D eigenvalue weighted by Crippen LogP contribution is -2.28. The zero-order chi connectivity index (χ0) is 14.4. The van der Waals surface area contributed by atoms with Crippen LogP contribution in [0.4, 0.5) is 5.82 Å². The molecule has 0 spiro atoms. The summed E-state index contributed by atoms with van der Waals surface area (Å²) in [6, 6.07) is 14.4. The zero-order valence-corrected chi connectivity index (χ0v) is 11.0. The summed E-state index contributed by atoms with van der Waals surface area (Å²) in [6.07, 6.45) is 0.485. The van der Waals surface area contributed by atoms with Crippen molar-refractivity contribution >= 4 is 22.8 Å². The average Bonchev–Trinajstić information content (AvgIpc) is 2.79. The van der Waals surface area contributed by atoms with Crippen LogP contribution >= 0.6 is 0 Å². The normalized spacial score (nSPS) is 17.3. The number of benzene rings is 2. The minimum atomic E-state index is -1.02. The van der Waals surface area contributed by atoms with Crippen LogP contribution < -0.4 is 4.90 Å². The van der Waals surface area contributed by atoms with Crippen LogP contribution in [0.2, 0.25) is 0 Å². The second-order valence-corrected chi connectivity index (χ2v) is 4.85. The smallest absolute Gasteiger partial charge is 0.262 e. The van der Waals surface area contributed by atoms with Gasteiger partial charge in [-0.1, -0.05) is 30.3 Å². The van der Waals surface area contributed by atoms with Crippen LogP contribution in [0.1, 0.15) is 22.1 Å². The Balaban J connectivity index is 1.84. The highest BCUT2D eigenvalue weighted by Crippen LogP contribution is 2.34. The summed E-state index contributed by atoms with van der Waals surface area (Å²) < 4.78 is 0. The summed E-state index contributed by atoms with van der Waals surface area (Å²) in [6.45, 7) is 0. The van der Waals surface area contributed by atoms with Crippen molar-refractivity contribution in [3.8, 4) is 0 Å². The number of amides is 1. The van der Waals surface area contributed by atoms with Gasteiger partial charge in [-0.2, -0.15) is 0 Å². The van der Waals surface area contributed by atoms with Crippen LogP contribution in [-0.4, -0.2) is 21.0 Å². The first kappa shape index (κ1) is 12.0. The number of aromatic nitrogens is 2. The van der Waals surface area contributed by atoms with Crippen molar-refractivity contribution in [3.63, 3.8) is 0 Å². The Labute approximate surface area is 120 Å². The topological polar surface area (TPSA) is 66.3 Å². The molecule has 2 aromatic carbocycles. The highest BCUT2D eigenvalue weighted by Gasteiger charge is 2.37. The Morgan fingerprint density at radius 1 is 1.00 bits per heavy atom. The van der Waals surface area contributed by atoms with E-state index in [1.165, 1.54) is 11.1 Å². The standard InChI is InChI=1S/C16H11N3O2/c20-15-10-5-1-2-6-11(10)16(21)19(15)14-9-17-12-7-3-4-8-13(12)18-14/h1-9,15,20H. The number of carbonyl (C=O) groups is 1. The number of hydrogen-bond acceptors (Lipinski definition) is 4. The fourth-order valence-corrected chi connectivity index (χ4v) is 2.59. The van der Waals surface area contributed by atoms with Gasteiger partial charge in [0.05, 0.1) is 17.2 Å². The average molecular weight is 277 g/mol. The second-order valence-electron chi connectivity index (χ2n) is 4.85. The maximum absolute atomic E-state index is 12.4. The van der Waals surface area contributed by atoms with Gasteiger partial charge in [0.25, 0.3) is 5.91 Å². The van der Waals surface area contributed by atoms with E-state index in [0.29, 0.717) is 22.5 Å². The van der Waals surface area contributed by atoms with Gasteiger partial charge >= 0.3 is 0 Å². The fraction of sp³-hybridized carbons (Fsp3) is 0.0625. The molecule has 5 heteroatoms. The number of rotatable bonds is 1. The van der Waals surface area contributed by atoms with Crippen molar-refractivity contribution in [2.24, 2.45) is 0 Å². The molecule has 0 bridgehead atoms. The number of hydrogen-bond donors (Lipinski definition) is 1. The van der Waals surface area contributed by atoms with Gasteiger partial charge in [-0.15, -0.1) is 0 Å². The summed E-state index contributed by atoms with van der Waals surface area (Å²) in [7, 11) is 0. The zero-order valence-electron chi connectivity index (χ0n) is 11.0. The third kappa shape index (κ3) is 1.71. The van der Waals surface area contributed by atoms with E-state index in [1.807, 2.05) is 24.3 Å². The van der Waals surface area contributed by atoms with Crippen LogP contribution in [0.5, 0.6) is 0 Å². The number of para-hydroxylation sites is 2. The first-order valence-electron chi connectivity index (χ1n) is 6.58. The van der Waals surface area contributed by atoms with Gasteiger partial charge in [0.2, 0.25) is 0 Å². The van der Waals surface area contributed by atoms with Crippen molar-refractivity contribution in [1.82, 2.24) is 9.97 Å². The van der Waals surface area contributed by atoms with E-state index >= 15 is 0 Å². The van der Waals surface area contributed by atoms with Crippen molar-refractivity contribution < 1.29 is 9.90 Å². The van der Waals surface area contributed by atoms with E-state index in [2.05, 4.69) is 9.97 Å². The van der Waals surface area contributed by atoms with Crippen LogP contribution in [0.25, 0.3) is 11.0 Å². The molecule has 1 aliphatic rings. The molecule has 3 aromatic rings. The molecule has 1 aromatic heterocycles. The summed E-state index contributed by atoms with van der Waals surface area (Å²) in [5.74, 6) is 0.0880. The molecule has 0 fully saturated rings. The number of nitrogens with zero attached hydrogens (tertiary/aromatic N) is 3. The van der Waals surface area contributed by atoms with Crippen molar-refractivity contribution in [1.29, 1.82) is 0 Å². The first-order valence-corrected chi connectivity index (χ1v) is 6.58. The van der Waals surface area contributed by atoms with Gasteiger partial charge in [-0.25, -0.2) is 4.98 Å². The molecular weight excluding hydrogens is 266 g/mol. The maximum atomic E-state index is 12.4. The van der Waals surface area contributed by atoms with E-state index in [4.69, 9.17) is 0 Å². The SMILES string of the molecule is O=C1c2ccccc2C(O)N1c1cnc2ccccc2n1. The van der Waals surface area contributed by atoms with Gasteiger partial charge in [0, 0.05) is 11.1 Å². The van der Waals surface area contributed by atoms with E-state index in [-0.39, 0.29) is 5.91 Å². The second kappa shape index (κ2) is 4.36. The summed E-state index contributed by atoms with van der Waals surface area (Å²) >= 11 is 0. The molecule has 1 aliphatic heterocycles. The molecule has 0 aliphatic carbocycles. The Morgan fingerprint density at radius 3 is 2.52 bits per heavy atom. The lowest BCUT2D eigenvalue weighted by molar-refractivity contribution is 0.0933. The summed E-state index contributed by atoms with van der Waals surface area (Å²) in [5, 5.41) is 10.4. The Hall–Kier alpha value is -2.79. The van der Waals surface area contributed by atoms with Crippen molar-refractivity contribution in [3.05, 3.63) is 65.9 Å². The van der Waals surface area contributed by atoms with Crippen molar-refractivity contribution in [2.45, 2.75) is 6.23 Å². The van der Waals surface area contributed by atoms with Crippen LogP contribution in [-0.2, 0) is 0 Å². The molecular formula is C16H11N3O2. The first-order chi connectivity index (χ1) is 10.3. The summed E-state index contributed by atoms with van der Waals surface area (Å²) in [5.41, 5.74) is 2.53. The number of fused-ring (bicyclic) bond motifs is 2. The van der Waals surface area contributed by atoms with Gasteiger partial charge in [-0.3, -0.25) is 14.7 Å². The van der Waals surface area contributed by atoms with Crippen LogP contribution in [0.15, 0.2) is 54.7 Å². The lowest BCUT2D eigenvalue weighted by atomic mass is 10.1.